The summed E-state index contributed by atoms with van der Waals surface area (Å²) in [7, 11) is 0. The highest BCUT2D eigenvalue weighted by molar-refractivity contribution is 7.00. The molecule has 0 aliphatic carbocycles. The van der Waals surface area contributed by atoms with Crippen molar-refractivity contribution >= 4 is 101 Å². The summed E-state index contributed by atoms with van der Waals surface area (Å²) in [5.41, 5.74) is 18.8. The van der Waals surface area contributed by atoms with Crippen LogP contribution < -0.4 is 45.1 Å². The van der Waals surface area contributed by atoms with E-state index < -0.39 is 0 Å². The molecule has 9 aromatic carbocycles. The Morgan fingerprint density at radius 1 is 0.379 bits per heavy atom. The van der Waals surface area contributed by atoms with Crippen LogP contribution in [0.4, 0.5) is 34.1 Å². The maximum Gasteiger partial charge on any atom is 0.252 e. The van der Waals surface area contributed by atoms with Gasteiger partial charge in [-0.25, -0.2) is 0 Å². The summed E-state index contributed by atoms with van der Waals surface area (Å²) in [4.78, 5) is 4.81. The average Bonchev–Trinajstić information content (AvgIpc) is 4.17. The van der Waals surface area contributed by atoms with Gasteiger partial charge >= 0.3 is 0 Å². The monoisotopic (exact) mass is 854 g/mol. The van der Waals surface area contributed by atoms with Crippen LogP contribution in [0.25, 0.3) is 66.1 Å². The maximum atomic E-state index is 6.42. The first-order valence-corrected chi connectivity index (χ1v) is 22.2. The third kappa shape index (κ3) is 5.10. The van der Waals surface area contributed by atoms with Gasteiger partial charge in [0.1, 0.15) is 22.3 Å². The lowest BCUT2D eigenvalue weighted by Gasteiger charge is -2.44. The van der Waals surface area contributed by atoms with Gasteiger partial charge in [0.15, 0.2) is 23.0 Å². The van der Waals surface area contributed by atoms with Crippen molar-refractivity contribution in [3.63, 3.8) is 0 Å². The van der Waals surface area contributed by atoms with Crippen LogP contribution in [-0.2, 0) is 0 Å². The highest BCUT2D eigenvalue weighted by Crippen LogP contribution is 2.49. The Bertz CT molecular complexity index is 3910. The van der Waals surface area contributed by atoms with E-state index in [4.69, 9.17) is 27.8 Å². The summed E-state index contributed by atoms with van der Waals surface area (Å²) in [6, 6.07) is 60.6. The van der Waals surface area contributed by atoms with Crippen molar-refractivity contribution in [2.75, 3.05) is 23.4 Å². The van der Waals surface area contributed by atoms with Gasteiger partial charge in [0.05, 0.1) is 5.69 Å². The molecule has 0 amide bonds. The number of para-hydroxylation sites is 2. The van der Waals surface area contributed by atoms with Gasteiger partial charge in [-0.15, -0.1) is 0 Å². The van der Waals surface area contributed by atoms with Gasteiger partial charge in [-0.3, -0.25) is 0 Å². The molecule has 0 bridgehead atoms. The molecule has 8 nitrogen and oxygen atoms in total. The molecule has 0 saturated heterocycles. The van der Waals surface area contributed by atoms with Crippen molar-refractivity contribution in [2.24, 2.45) is 0 Å². The third-order valence-corrected chi connectivity index (χ3v) is 13.9. The van der Waals surface area contributed by atoms with Crippen molar-refractivity contribution < 1.29 is 27.8 Å². The summed E-state index contributed by atoms with van der Waals surface area (Å²) in [5.74, 6) is 2.92. The van der Waals surface area contributed by atoms with Crippen molar-refractivity contribution in [1.29, 1.82) is 0 Å². The van der Waals surface area contributed by atoms with E-state index in [-0.39, 0.29) is 20.3 Å². The smallest absolute Gasteiger partial charge is 0.252 e. The number of aryl methyl sites for hydroxylation is 1. The topological polar surface area (TPSA) is 69.7 Å². The minimum atomic E-state index is -0.137. The van der Waals surface area contributed by atoms with Crippen LogP contribution in [-0.4, -0.2) is 20.3 Å². The first kappa shape index (κ1) is 35.9. The first-order valence-electron chi connectivity index (χ1n) is 22.2. The summed E-state index contributed by atoms with van der Waals surface area (Å²) in [6.45, 7) is 2.42. The number of anilines is 6. The van der Waals surface area contributed by atoms with Crippen molar-refractivity contribution in [1.82, 2.24) is 0 Å². The van der Waals surface area contributed by atoms with Crippen molar-refractivity contribution in [3.8, 4) is 45.3 Å². The predicted molar refractivity (Wildman–Crippen MR) is 263 cm³/mol. The molecule has 0 radical (unpaired) electrons. The molecule has 15 rings (SSSR count). The van der Waals surface area contributed by atoms with Crippen LogP contribution in [0.1, 0.15) is 5.56 Å². The van der Waals surface area contributed by atoms with Crippen LogP contribution >= 0.6 is 0 Å². The Morgan fingerprint density at radius 2 is 0.924 bits per heavy atom. The Kier molecular flexibility index (Phi) is 7.20. The van der Waals surface area contributed by atoms with E-state index in [0.717, 1.165) is 134 Å². The van der Waals surface area contributed by atoms with E-state index in [1.54, 1.807) is 0 Å². The zero-order valence-electron chi connectivity index (χ0n) is 35.5. The largest absolute Gasteiger partial charge is 0.456 e. The van der Waals surface area contributed by atoms with Crippen LogP contribution in [0.5, 0.6) is 23.0 Å². The lowest BCUT2D eigenvalue weighted by Crippen LogP contribution is -2.61. The fraction of sp³-hybridized carbons (Fsp3) is 0.0526. The molecule has 0 fully saturated rings. The zero-order chi connectivity index (χ0) is 43.2. The number of nitrogens with zero attached hydrogens (tertiary/aromatic N) is 2. The fourth-order valence-corrected chi connectivity index (χ4v) is 10.9. The van der Waals surface area contributed by atoms with E-state index in [9.17, 15) is 0 Å². The van der Waals surface area contributed by atoms with Crippen LogP contribution in [0.15, 0.2) is 179 Å². The van der Waals surface area contributed by atoms with Gasteiger partial charge in [0, 0.05) is 62.1 Å². The summed E-state index contributed by atoms with van der Waals surface area (Å²) in [6.07, 6.45) is 0. The normalized spacial score (nSPS) is 14.1. The molecule has 2 aromatic heterocycles. The second-order valence-electron chi connectivity index (χ2n) is 17.6. The van der Waals surface area contributed by atoms with Gasteiger partial charge in [-0.05, 0) is 136 Å². The summed E-state index contributed by atoms with van der Waals surface area (Å²) in [5, 5.41) is 4.45. The number of hydrogen-bond acceptors (Lipinski definition) is 8. The molecule has 11 aromatic rings. The number of benzene rings is 9. The molecule has 4 aliphatic rings. The average molecular weight is 855 g/mol. The molecular weight excluding hydrogens is 819 g/mol. The Morgan fingerprint density at radius 3 is 1.62 bits per heavy atom. The summed E-state index contributed by atoms with van der Waals surface area (Å²) < 4.78 is 36.7. The number of ether oxygens (including phenoxy) is 4. The number of furan rings is 2. The van der Waals surface area contributed by atoms with Crippen LogP contribution in [0.2, 0.25) is 0 Å². The standard InChI is InChI=1S/C57H35BN2O6/c1-32-21-47-57-48(22-32)60(38-16-20-51-54(27-38)62-30-61-51)46-29-56-55(63-31-64-56)28-44(46)58(57)43-19-15-34(36-14-18-42-40-10-3-5-12-50(40)66-53(42)26-36)24-45(43)59(47)37-8-6-7-33(23-37)35-13-17-41-39-9-2-4-11-49(39)65-52(41)25-35/h2-29H,30-31H2,1H3. The highest BCUT2D eigenvalue weighted by atomic mass is 16.7. The first-order chi connectivity index (χ1) is 32.6. The molecule has 0 N–H and O–H groups in total. The van der Waals surface area contributed by atoms with E-state index in [2.05, 4.69) is 156 Å². The molecule has 0 atom stereocenters. The number of fused-ring (bicyclic) bond motifs is 12. The highest BCUT2D eigenvalue weighted by Gasteiger charge is 2.45. The van der Waals surface area contributed by atoms with Gasteiger partial charge in [-0.1, -0.05) is 72.8 Å². The van der Waals surface area contributed by atoms with Crippen LogP contribution in [0.3, 0.4) is 0 Å². The molecule has 0 spiro atoms. The van der Waals surface area contributed by atoms with Gasteiger partial charge in [0.25, 0.3) is 6.71 Å². The quantitative estimate of drug-likeness (QED) is 0.162. The van der Waals surface area contributed by atoms with E-state index in [1.807, 2.05) is 30.3 Å². The summed E-state index contributed by atoms with van der Waals surface area (Å²) >= 11 is 0. The Hall–Kier alpha value is -8.56. The Balaban J connectivity index is 0.969. The van der Waals surface area contributed by atoms with E-state index in [0.29, 0.717) is 0 Å². The second kappa shape index (κ2) is 13.2. The molecule has 0 saturated carbocycles. The molecule has 312 valence electrons. The molecule has 4 aliphatic heterocycles. The lowest BCUT2D eigenvalue weighted by molar-refractivity contribution is 0.173. The Labute approximate surface area is 378 Å². The molecule has 66 heavy (non-hydrogen) atoms. The van der Waals surface area contributed by atoms with Gasteiger partial charge < -0.3 is 37.6 Å². The zero-order valence-corrected chi connectivity index (χ0v) is 35.5. The minimum Gasteiger partial charge on any atom is -0.456 e. The van der Waals surface area contributed by atoms with E-state index in [1.165, 1.54) is 10.9 Å². The predicted octanol–water partition coefficient (Wildman–Crippen LogP) is 12.7. The lowest BCUT2D eigenvalue weighted by atomic mass is 9.33. The SMILES string of the molecule is Cc1cc2c3c(c1)N(c1ccc4c(c1)OCO4)c1cc4c(cc1B3c1ccc(-c3ccc5c(c3)oc3ccccc35)cc1N2c1cccc(-c2ccc3c(c2)oc2ccccc23)c1)OCO4. The fourth-order valence-electron chi connectivity index (χ4n) is 10.9. The van der Waals surface area contributed by atoms with Gasteiger partial charge in [-0.2, -0.15) is 0 Å². The van der Waals surface area contributed by atoms with Gasteiger partial charge in [0.2, 0.25) is 13.6 Å². The molecular formula is C57H35BN2O6. The second-order valence-corrected chi connectivity index (χ2v) is 17.6. The van der Waals surface area contributed by atoms with Crippen molar-refractivity contribution in [2.45, 2.75) is 6.92 Å². The number of hydrogen-bond donors (Lipinski definition) is 0. The van der Waals surface area contributed by atoms with Crippen molar-refractivity contribution in [3.05, 3.63) is 175 Å². The minimum absolute atomic E-state index is 0.137. The maximum absolute atomic E-state index is 6.42. The number of rotatable bonds is 4. The third-order valence-electron chi connectivity index (χ3n) is 13.9. The molecule has 0 unspecified atom stereocenters. The molecule has 9 heteroatoms. The van der Waals surface area contributed by atoms with Crippen LogP contribution in [0, 0.1) is 6.92 Å². The molecule has 6 heterocycles. The van der Waals surface area contributed by atoms with E-state index >= 15 is 0 Å².